The second-order valence-corrected chi connectivity index (χ2v) is 7.30. The van der Waals surface area contributed by atoms with Gasteiger partial charge in [0.15, 0.2) is 0 Å². The van der Waals surface area contributed by atoms with Crippen molar-refractivity contribution in [2.75, 3.05) is 17.6 Å². The van der Waals surface area contributed by atoms with Gasteiger partial charge in [0.05, 0.1) is 0 Å². The van der Waals surface area contributed by atoms with Gasteiger partial charge in [0.1, 0.15) is 0 Å². The van der Waals surface area contributed by atoms with Crippen LogP contribution in [0.3, 0.4) is 0 Å². The summed E-state index contributed by atoms with van der Waals surface area (Å²) in [7, 11) is 0. The van der Waals surface area contributed by atoms with E-state index >= 15 is 0 Å². The van der Waals surface area contributed by atoms with Crippen molar-refractivity contribution in [1.29, 1.82) is 0 Å². The van der Waals surface area contributed by atoms with Crippen LogP contribution in [0.4, 0.5) is 5.69 Å². The molecular weight excluding hydrogens is 226 g/mol. The van der Waals surface area contributed by atoms with Gasteiger partial charge in [0, 0.05) is 22.7 Å². The van der Waals surface area contributed by atoms with Crippen LogP contribution in [-0.2, 0) is 6.42 Å². The minimum Gasteiger partial charge on any atom is -0.384 e. The highest BCUT2D eigenvalue weighted by molar-refractivity contribution is 8.00. The molecule has 96 valence electrons. The average Bonchev–Trinajstić information content (AvgIpc) is 2.25. The molecule has 0 atom stereocenters. The number of anilines is 1. The van der Waals surface area contributed by atoms with Crippen molar-refractivity contribution < 1.29 is 0 Å². The Hall–Kier alpha value is -0.630. The Morgan fingerprint density at radius 3 is 2.53 bits per heavy atom. The third-order valence-corrected chi connectivity index (χ3v) is 3.97. The molecule has 1 aromatic carbocycles. The first-order valence-corrected chi connectivity index (χ1v) is 7.38. The van der Waals surface area contributed by atoms with Gasteiger partial charge in [0.2, 0.25) is 0 Å². The maximum Gasteiger partial charge on any atom is 0.0343 e. The molecule has 0 radical (unpaired) electrons. The molecule has 0 amide bonds. The van der Waals surface area contributed by atoms with Crippen LogP contribution < -0.4 is 5.32 Å². The Morgan fingerprint density at radius 1 is 1.24 bits per heavy atom. The summed E-state index contributed by atoms with van der Waals surface area (Å²) in [5, 5.41) is 3.50. The Balaban J connectivity index is 2.42. The first-order chi connectivity index (χ1) is 7.92. The van der Waals surface area contributed by atoms with Crippen LogP contribution in [-0.4, -0.2) is 17.0 Å². The fraction of sp³-hybridized carbons (Fsp3) is 0.600. The van der Waals surface area contributed by atoms with Gasteiger partial charge in [-0.1, -0.05) is 33.8 Å². The summed E-state index contributed by atoms with van der Waals surface area (Å²) in [5.41, 5.74) is 4.09. The molecule has 0 bridgehead atoms. The predicted octanol–water partition coefficient (Wildman–Crippen LogP) is 4.50. The van der Waals surface area contributed by atoms with E-state index in [9.17, 15) is 0 Å². The van der Waals surface area contributed by atoms with Crippen molar-refractivity contribution >= 4 is 17.4 Å². The zero-order chi connectivity index (χ0) is 12.9. The molecule has 0 spiro atoms. The molecule has 0 aliphatic rings. The van der Waals surface area contributed by atoms with E-state index < -0.39 is 0 Å². The standard InChI is InChI=1S/C15H25NS/c1-6-13-11-14(8-7-12(13)2)16-9-10-17-15(3,4)5/h7-8,11,16H,6,9-10H2,1-5H3. The molecular formula is C15H25NS. The molecule has 0 saturated carbocycles. The van der Waals surface area contributed by atoms with E-state index in [4.69, 9.17) is 0 Å². The molecule has 0 aliphatic heterocycles. The van der Waals surface area contributed by atoms with E-state index in [-0.39, 0.29) is 0 Å². The van der Waals surface area contributed by atoms with Crippen molar-refractivity contribution in [2.45, 2.75) is 45.8 Å². The molecule has 0 saturated heterocycles. The smallest absolute Gasteiger partial charge is 0.0343 e. The van der Waals surface area contributed by atoms with Crippen LogP contribution in [0.15, 0.2) is 18.2 Å². The highest BCUT2D eigenvalue weighted by Crippen LogP contribution is 2.23. The second kappa shape index (κ2) is 6.34. The molecule has 1 nitrogen and oxygen atoms in total. The number of hydrogen-bond donors (Lipinski definition) is 1. The van der Waals surface area contributed by atoms with Gasteiger partial charge in [-0.3, -0.25) is 0 Å². The third kappa shape index (κ3) is 5.49. The van der Waals surface area contributed by atoms with E-state index in [0.29, 0.717) is 4.75 Å². The molecule has 0 aliphatic carbocycles. The number of hydrogen-bond acceptors (Lipinski definition) is 2. The zero-order valence-electron chi connectivity index (χ0n) is 11.8. The summed E-state index contributed by atoms with van der Waals surface area (Å²) in [5.74, 6) is 1.15. The monoisotopic (exact) mass is 251 g/mol. The second-order valence-electron chi connectivity index (χ2n) is 5.38. The molecule has 1 aromatic rings. The van der Waals surface area contributed by atoms with E-state index in [2.05, 4.69) is 58.1 Å². The zero-order valence-corrected chi connectivity index (χ0v) is 12.6. The highest BCUT2D eigenvalue weighted by Gasteiger charge is 2.09. The van der Waals surface area contributed by atoms with Gasteiger partial charge < -0.3 is 5.32 Å². The lowest BCUT2D eigenvalue weighted by atomic mass is 10.1. The molecule has 0 aromatic heterocycles. The van der Waals surface area contributed by atoms with Crippen LogP contribution in [0.5, 0.6) is 0 Å². The van der Waals surface area contributed by atoms with Gasteiger partial charge in [-0.25, -0.2) is 0 Å². The Bertz CT molecular complexity index is 352. The lowest BCUT2D eigenvalue weighted by Gasteiger charge is -2.18. The summed E-state index contributed by atoms with van der Waals surface area (Å²) >= 11 is 2.00. The summed E-state index contributed by atoms with van der Waals surface area (Å²) in [4.78, 5) is 0. The van der Waals surface area contributed by atoms with E-state index in [1.807, 2.05) is 11.8 Å². The van der Waals surface area contributed by atoms with Gasteiger partial charge >= 0.3 is 0 Å². The number of benzene rings is 1. The number of nitrogens with one attached hydrogen (secondary N) is 1. The van der Waals surface area contributed by atoms with Crippen molar-refractivity contribution in [3.63, 3.8) is 0 Å². The fourth-order valence-electron chi connectivity index (χ4n) is 1.71. The fourth-order valence-corrected chi connectivity index (χ4v) is 2.53. The van der Waals surface area contributed by atoms with Crippen LogP contribution in [0, 0.1) is 6.92 Å². The summed E-state index contributed by atoms with van der Waals surface area (Å²) in [6, 6.07) is 6.66. The van der Waals surface area contributed by atoms with Gasteiger partial charge in [0.25, 0.3) is 0 Å². The average molecular weight is 251 g/mol. The predicted molar refractivity (Wildman–Crippen MR) is 81.3 cm³/mol. The maximum atomic E-state index is 3.50. The summed E-state index contributed by atoms with van der Waals surface area (Å²) in [6.45, 7) is 12.2. The number of aryl methyl sites for hydroxylation is 2. The van der Waals surface area contributed by atoms with E-state index in [1.54, 1.807) is 0 Å². The van der Waals surface area contributed by atoms with Crippen molar-refractivity contribution in [3.05, 3.63) is 29.3 Å². The van der Waals surface area contributed by atoms with Gasteiger partial charge in [-0.15, -0.1) is 0 Å². The molecule has 1 N–H and O–H groups in total. The molecule has 0 heterocycles. The van der Waals surface area contributed by atoms with Crippen LogP contribution in [0.1, 0.15) is 38.8 Å². The lowest BCUT2D eigenvalue weighted by molar-refractivity contribution is 0.802. The Kier molecular flexibility index (Phi) is 5.38. The number of thioether (sulfide) groups is 1. The molecule has 2 heteroatoms. The summed E-state index contributed by atoms with van der Waals surface area (Å²) in [6.07, 6.45) is 1.11. The van der Waals surface area contributed by atoms with Crippen LogP contribution >= 0.6 is 11.8 Å². The SMILES string of the molecule is CCc1cc(NCCSC(C)(C)C)ccc1C. The van der Waals surface area contributed by atoms with E-state index in [0.717, 1.165) is 18.7 Å². The number of rotatable bonds is 5. The Morgan fingerprint density at radius 2 is 1.94 bits per heavy atom. The normalized spacial score (nSPS) is 11.6. The van der Waals surface area contributed by atoms with Gasteiger partial charge in [-0.2, -0.15) is 11.8 Å². The Labute approximate surface area is 110 Å². The van der Waals surface area contributed by atoms with Crippen LogP contribution in [0.2, 0.25) is 0 Å². The van der Waals surface area contributed by atoms with Crippen LogP contribution in [0.25, 0.3) is 0 Å². The van der Waals surface area contributed by atoms with E-state index in [1.165, 1.54) is 16.8 Å². The van der Waals surface area contributed by atoms with Gasteiger partial charge in [-0.05, 0) is 36.6 Å². The van der Waals surface area contributed by atoms with Crippen molar-refractivity contribution in [3.8, 4) is 0 Å². The topological polar surface area (TPSA) is 12.0 Å². The first kappa shape index (κ1) is 14.4. The molecule has 1 rings (SSSR count). The van der Waals surface area contributed by atoms with Crippen molar-refractivity contribution in [1.82, 2.24) is 0 Å². The molecule has 0 unspecified atom stereocenters. The highest BCUT2D eigenvalue weighted by atomic mass is 32.2. The molecule has 17 heavy (non-hydrogen) atoms. The largest absolute Gasteiger partial charge is 0.384 e. The maximum absolute atomic E-state index is 3.50. The quantitative estimate of drug-likeness (QED) is 0.773. The molecule has 0 fully saturated rings. The minimum atomic E-state index is 0.365. The summed E-state index contributed by atoms with van der Waals surface area (Å²) < 4.78 is 0.365. The van der Waals surface area contributed by atoms with Crippen molar-refractivity contribution in [2.24, 2.45) is 0 Å². The lowest BCUT2D eigenvalue weighted by Crippen LogP contribution is -2.13. The first-order valence-electron chi connectivity index (χ1n) is 6.40. The third-order valence-electron chi connectivity index (χ3n) is 2.70. The minimum absolute atomic E-state index is 0.365.